The van der Waals surface area contributed by atoms with E-state index in [-0.39, 0.29) is 16.6 Å². The molecule has 0 spiro atoms. The highest BCUT2D eigenvalue weighted by Crippen LogP contribution is 2.37. The molecule has 3 heteroatoms. The number of piperidine rings is 1. The van der Waals surface area contributed by atoms with Gasteiger partial charge in [-0.05, 0) is 61.3 Å². The van der Waals surface area contributed by atoms with Crippen molar-refractivity contribution in [1.29, 1.82) is 0 Å². The van der Waals surface area contributed by atoms with E-state index in [1.165, 1.54) is 5.06 Å². The quantitative estimate of drug-likeness (QED) is 0.724. The molecule has 0 radical (unpaired) electrons. The predicted molar refractivity (Wildman–Crippen MR) is 67.7 cm³/mol. The maximum Gasteiger partial charge on any atom is 0.0425 e. The van der Waals surface area contributed by atoms with Gasteiger partial charge in [0.2, 0.25) is 0 Å². The third-order valence-corrected chi connectivity index (χ3v) is 3.28. The zero-order valence-electron chi connectivity index (χ0n) is 11.9. The van der Waals surface area contributed by atoms with Gasteiger partial charge in [-0.2, -0.15) is 5.06 Å². The van der Waals surface area contributed by atoms with Gasteiger partial charge < -0.3 is 10.5 Å². The van der Waals surface area contributed by atoms with E-state index in [2.05, 4.69) is 53.8 Å². The molecule has 1 saturated heterocycles. The lowest BCUT2D eigenvalue weighted by Crippen LogP contribution is -2.64. The molecule has 0 bridgehead atoms. The summed E-state index contributed by atoms with van der Waals surface area (Å²) in [6, 6.07) is 0.466. The number of rotatable bonds is 1. The first-order valence-corrected chi connectivity index (χ1v) is 6.21. The van der Waals surface area contributed by atoms with Gasteiger partial charge in [-0.25, -0.2) is 0 Å². The molecule has 1 aliphatic rings. The van der Waals surface area contributed by atoms with Crippen LogP contribution in [-0.2, 0) is 0 Å². The van der Waals surface area contributed by atoms with E-state index in [0.29, 0.717) is 6.04 Å². The van der Waals surface area contributed by atoms with E-state index >= 15 is 0 Å². The second-order valence-electron chi connectivity index (χ2n) is 7.44. The number of nitrogens with zero attached hydrogens (tertiary/aromatic N) is 1. The fourth-order valence-electron chi connectivity index (χ4n) is 2.98. The highest BCUT2D eigenvalue weighted by molar-refractivity contribution is 4.99. The zero-order valence-corrected chi connectivity index (χ0v) is 11.9. The van der Waals surface area contributed by atoms with E-state index in [4.69, 9.17) is 0 Å². The van der Waals surface area contributed by atoms with Crippen LogP contribution in [0.5, 0.6) is 0 Å². The molecular weight excluding hydrogens is 200 g/mol. The number of hydroxylamine groups is 2. The van der Waals surface area contributed by atoms with Crippen LogP contribution in [0.4, 0.5) is 0 Å². The number of hydrogen-bond acceptors (Lipinski definition) is 3. The van der Waals surface area contributed by atoms with Crippen LogP contribution >= 0.6 is 0 Å². The van der Waals surface area contributed by atoms with Gasteiger partial charge in [-0.1, -0.05) is 0 Å². The van der Waals surface area contributed by atoms with Crippen molar-refractivity contribution in [3.05, 3.63) is 0 Å². The minimum atomic E-state index is -0.162. The monoisotopic (exact) mass is 228 g/mol. The van der Waals surface area contributed by atoms with Crippen LogP contribution in [0.1, 0.15) is 61.3 Å². The summed E-state index contributed by atoms with van der Waals surface area (Å²) in [5, 5.41) is 15.4. The Kier molecular flexibility index (Phi) is 3.46. The fraction of sp³-hybridized carbons (Fsp3) is 1.00. The SMILES string of the molecule is CC(C)(C)NC1CC(C)(C)N(O)C(C)(C)C1. The minimum absolute atomic E-state index is 0.133. The summed E-state index contributed by atoms with van der Waals surface area (Å²) in [4.78, 5) is 0. The maximum atomic E-state index is 10.2. The van der Waals surface area contributed by atoms with Gasteiger partial charge in [-0.15, -0.1) is 0 Å². The lowest BCUT2D eigenvalue weighted by Gasteiger charge is -2.52. The van der Waals surface area contributed by atoms with Crippen LogP contribution < -0.4 is 5.32 Å². The summed E-state index contributed by atoms with van der Waals surface area (Å²) in [7, 11) is 0. The van der Waals surface area contributed by atoms with Crippen molar-refractivity contribution in [3.8, 4) is 0 Å². The number of hydrogen-bond donors (Lipinski definition) is 2. The van der Waals surface area contributed by atoms with E-state index < -0.39 is 0 Å². The topological polar surface area (TPSA) is 35.5 Å². The minimum Gasteiger partial charge on any atom is -0.313 e. The van der Waals surface area contributed by atoms with Gasteiger partial charge in [0.15, 0.2) is 0 Å². The van der Waals surface area contributed by atoms with Crippen molar-refractivity contribution < 1.29 is 5.21 Å². The molecule has 1 heterocycles. The highest BCUT2D eigenvalue weighted by atomic mass is 16.5. The van der Waals surface area contributed by atoms with E-state index in [0.717, 1.165) is 12.8 Å². The second kappa shape index (κ2) is 3.97. The average Bonchev–Trinajstić information content (AvgIpc) is 1.95. The smallest absolute Gasteiger partial charge is 0.0425 e. The Bertz CT molecular complexity index is 235. The third kappa shape index (κ3) is 3.19. The summed E-state index contributed by atoms with van der Waals surface area (Å²) in [5.41, 5.74) is -0.191. The molecule has 0 aliphatic carbocycles. The predicted octanol–water partition coefficient (Wildman–Crippen LogP) is 2.79. The Hall–Kier alpha value is -0.120. The Balaban J connectivity index is 2.79. The molecule has 0 amide bonds. The molecule has 1 aliphatic heterocycles. The molecule has 0 saturated carbocycles. The van der Waals surface area contributed by atoms with Crippen LogP contribution in [0.3, 0.4) is 0 Å². The van der Waals surface area contributed by atoms with Crippen molar-refractivity contribution in [2.24, 2.45) is 0 Å². The van der Waals surface area contributed by atoms with E-state index in [1.54, 1.807) is 0 Å². The molecule has 1 fully saturated rings. The largest absolute Gasteiger partial charge is 0.313 e. The Morgan fingerprint density at radius 1 is 1.06 bits per heavy atom. The van der Waals surface area contributed by atoms with E-state index in [1.807, 2.05) is 0 Å². The normalized spacial score (nSPS) is 27.0. The number of nitrogens with one attached hydrogen (secondary N) is 1. The summed E-state index contributed by atoms with van der Waals surface area (Å²) in [5.74, 6) is 0. The van der Waals surface area contributed by atoms with Crippen molar-refractivity contribution >= 4 is 0 Å². The molecule has 1 rings (SSSR count). The third-order valence-electron chi connectivity index (χ3n) is 3.28. The lowest BCUT2D eigenvalue weighted by molar-refractivity contribution is -0.246. The van der Waals surface area contributed by atoms with Crippen LogP contribution in [0.25, 0.3) is 0 Å². The Morgan fingerprint density at radius 2 is 1.44 bits per heavy atom. The lowest BCUT2D eigenvalue weighted by atomic mass is 9.78. The van der Waals surface area contributed by atoms with Gasteiger partial charge in [0.25, 0.3) is 0 Å². The van der Waals surface area contributed by atoms with E-state index in [9.17, 15) is 5.21 Å². The van der Waals surface area contributed by atoms with Crippen LogP contribution in [-0.4, -0.2) is 32.9 Å². The molecule has 0 aromatic rings. The average molecular weight is 228 g/mol. The fourth-order valence-corrected chi connectivity index (χ4v) is 2.98. The first kappa shape index (κ1) is 13.9. The molecule has 0 aromatic heterocycles. The van der Waals surface area contributed by atoms with Crippen LogP contribution in [0, 0.1) is 0 Å². The standard InChI is InChI=1S/C13H28N2O/c1-11(2,3)14-10-8-12(4,5)15(16)13(6,7)9-10/h10,14,16H,8-9H2,1-7H3. The molecule has 0 unspecified atom stereocenters. The summed E-state index contributed by atoms with van der Waals surface area (Å²) in [6.07, 6.45) is 1.95. The summed E-state index contributed by atoms with van der Waals surface area (Å²) >= 11 is 0. The zero-order chi connectivity index (χ0) is 12.8. The van der Waals surface area contributed by atoms with Gasteiger partial charge in [0.05, 0.1) is 0 Å². The molecular formula is C13H28N2O. The van der Waals surface area contributed by atoms with Gasteiger partial charge in [0, 0.05) is 22.7 Å². The van der Waals surface area contributed by atoms with Crippen molar-refractivity contribution in [2.75, 3.05) is 0 Å². The first-order chi connectivity index (χ1) is 6.94. The molecule has 16 heavy (non-hydrogen) atoms. The second-order valence-corrected chi connectivity index (χ2v) is 7.44. The highest BCUT2D eigenvalue weighted by Gasteiger charge is 2.45. The van der Waals surface area contributed by atoms with Gasteiger partial charge in [0.1, 0.15) is 0 Å². The molecule has 0 aromatic carbocycles. The summed E-state index contributed by atoms with van der Waals surface area (Å²) in [6.45, 7) is 15.0. The van der Waals surface area contributed by atoms with Gasteiger partial charge in [-0.3, -0.25) is 0 Å². The molecule has 96 valence electrons. The van der Waals surface area contributed by atoms with Crippen molar-refractivity contribution in [1.82, 2.24) is 10.4 Å². The molecule has 0 atom stereocenters. The molecule has 3 nitrogen and oxygen atoms in total. The van der Waals surface area contributed by atoms with Crippen molar-refractivity contribution in [2.45, 2.75) is 84.0 Å². The Labute approximate surface area is 100 Å². The maximum absolute atomic E-state index is 10.2. The van der Waals surface area contributed by atoms with Gasteiger partial charge >= 0.3 is 0 Å². The first-order valence-electron chi connectivity index (χ1n) is 6.21. The van der Waals surface area contributed by atoms with Crippen LogP contribution in [0.2, 0.25) is 0 Å². The molecule has 2 N–H and O–H groups in total. The van der Waals surface area contributed by atoms with Crippen LogP contribution in [0.15, 0.2) is 0 Å². The van der Waals surface area contributed by atoms with Crippen molar-refractivity contribution in [3.63, 3.8) is 0 Å². The summed E-state index contributed by atoms with van der Waals surface area (Å²) < 4.78 is 0. The Morgan fingerprint density at radius 3 is 1.75 bits per heavy atom.